The minimum Gasteiger partial charge on any atom is -0.478 e. The number of aromatic nitrogens is 4. The summed E-state index contributed by atoms with van der Waals surface area (Å²) in [5.74, 6) is -0.233. The molecule has 0 aromatic carbocycles. The molecule has 0 aliphatic heterocycles. The number of nitrogens with zero attached hydrogens (tertiary/aromatic N) is 4. The Kier molecular flexibility index (Phi) is 4.11. The van der Waals surface area contributed by atoms with Crippen molar-refractivity contribution in [3.63, 3.8) is 0 Å². The first-order valence-corrected chi connectivity index (χ1v) is 6.86. The number of thioether (sulfide) groups is 1. The van der Waals surface area contributed by atoms with E-state index < -0.39 is 5.97 Å². The summed E-state index contributed by atoms with van der Waals surface area (Å²) < 4.78 is 1.60. The van der Waals surface area contributed by atoms with Crippen molar-refractivity contribution in [2.75, 3.05) is 0 Å². The Hall–Kier alpha value is -1.67. The summed E-state index contributed by atoms with van der Waals surface area (Å²) in [6.07, 6.45) is 2.74. The van der Waals surface area contributed by atoms with Gasteiger partial charge in [-0.15, -0.1) is 16.4 Å². The first kappa shape index (κ1) is 12.8. The third-order valence-corrected chi connectivity index (χ3v) is 4.26. The largest absolute Gasteiger partial charge is 0.478 e. The molecule has 8 heteroatoms. The molecule has 0 radical (unpaired) electrons. The van der Waals surface area contributed by atoms with Crippen molar-refractivity contribution in [1.29, 1.82) is 0 Å². The standard InChI is InChI=1S/C10H10N4O2S2/c1-14-10(11-12-13-14)18-6-8-7(4-5-17-8)2-3-9(15)16/h2-5H,6H2,1H3,(H,15,16). The minimum absolute atomic E-state index is 0.713. The fourth-order valence-electron chi connectivity index (χ4n) is 1.25. The van der Waals surface area contributed by atoms with Gasteiger partial charge in [-0.1, -0.05) is 11.8 Å². The topological polar surface area (TPSA) is 80.9 Å². The van der Waals surface area contributed by atoms with Gasteiger partial charge < -0.3 is 5.11 Å². The van der Waals surface area contributed by atoms with Crippen LogP contribution in [-0.4, -0.2) is 31.3 Å². The van der Waals surface area contributed by atoms with Gasteiger partial charge in [0, 0.05) is 23.8 Å². The summed E-state index contributed by atoms with van der Waals surface area (Å²) in [6, 6.07) is 1.90. The van der Waals surface area contributed by atoms with Crippen LogP contribution >= 0.6 is 23.1 Å². The Balaban J connectivity index is 2.04. The lowest BCUT2D eigenvalue weighted by Gasteiger charge is -1.99. The summed E-state index contributed by atoms with van der Waals surface area (Å²) in [6.45, 7) is 0. The number of tetrazole rings is 1. The van der Waals surface area contributed by atoms with Crippen LogP contribution in [0.4, 0.5) is 0 Å². The lowest BCUT2D eigenvalue weighted by atomic mass is 10.2. The smallest absolute Gasteiger partial charge is 0.328 e. The number of carboxylic acid groups (broad SMARTS) is 1. The Bertz CT molecular complexity index is 576. The second kappa shape index (κ2) is 5.78. The molecule has 2 aromatic heterocycles. The van der Waals surface area contributed by atoms with Crippen LogP contribution in [0, 0.1) is 0 Å². The molecule has 0 aliphatic rings. The predicted octanol–water partition coefficient (Wildman–Crippen LogP) is 1.66. The number of aryl methyl sites for hydroxylation is 1. The molecule has 0 bridgehead atoms. The minimum atomic E-state index is -0.947. The molecule has 0 saturated heterocycles. The molecule has 1 N–H and O–H groups in total. The molecule has 0 spiro atoms. The molecule has 6 nitrogen and oxygen atoms in total. The highest BCUT2D eigenvalue weighted by atomic mass is 32.2. The van der Waals surface area contributed by atoms with Crippen molar-refractivity contribution in [2.45, 2.75) is 10.9 Å². The van der Waals surface area contributed by atoms with Crippen molar-refractivity contribution in [1.82, 2.24) is 20.2 Å². The second-order valence-electron chi connectivity index (χ2n) is 3.34. The summed E-state index contributed by atoms with van der Waals surface area (Å²) >= 11 is 3.10. The highest BCUT2D eigenvalue weighted by Gasteiger charge is 2.07. The highest BCUT2D eigenvalue weighted by molar-refractivity contribution is 7.98. The van der Waals surface area contributed by atoms with Crippen molar-refractivity contribution >= 4 is 35.1 Å². The van der Waals surface area contributed by atoms with Crippen LogP contribution < -0.4 is 0 Å². The fraction of sp³-hybridized carbons (Fsp3) is 0.200. The van der Waals surface area contributed by atoms with Crippen LogP contribution in [0.15, 0.2) is 22.7 Å². The lowest BCUT2D eigenvalue weighted by molar-refractivity contribution is -0.131. The maximum absolute atomic E-state index is 10.5. The Morgan fingerprint density at radius 2 is 2.50 bits per heavy atom. The number of thiophene rings is 1. The molecule has 2 aromatic rings. The molecule has 2 heterocycles. The van der Waals surface area contributed by atoms with Crippen molar-refractivity contribution in [2.24, 2.45) is 7.05 Å². The normalized spacial score (nSPS) is 11.2. The molecule has 94 valence electrons. The molecule has 0 saturated carbocycles. The number of carbonyl (C=O) groups is 1. The zero-order chi connectivity index (χ0) is 13.0. The fourth-order valence-corrected chi connectivity index (χ4v) is 3.10. The maximum atomic E-state index is 10.5. The average Bonchev–Trinajstić information content (AvgIpc) is 2.92. The summed E-state index contributed by atoms with van der Waals surface area (Å²) in [5.41, 5.74) is 0.921. The van der Waals surface area contributed by atoms with Crippen molar-refractivity contribution < 1.29 is 9.90 Å². The van der Waals surface area contributed by atoms with Gasteiger partial charge >= 0.3 is 5.97 Å². The van der Waals surface area contributed by atoms with Crippen LogP contribution in [-0.2, 0) is 17.6 Å². The van der Waals surface area contributed by atoms with E-state index >= 15 is 0 Å². The number of aliphatic carboxylic acids is 1. The number of rotatable bonds is 5. The van der Waals surface area contributed by atoms with Gasteiger partial charge in [-0.25, -0.2) is 9.48 Å². The molecule has 0 aliphatic carbocycles. The molecule has 2 rings (SSSR count). The summed E-state index contributed by atoms with van der Waals surface area (Å²) in [7, 11) is 1.78. The van der Waals surface area contributed by atoms with E-state index in [4.69, 9.17) is 5.11 Å². The monoisotopic (exact) mass is 282 g/mol. The van der Waals surface area contributed by atoms with Gasteiger partial charge in [-0.3, -0.25) is 0 Å². The molecule has 0 atom stereocenters. The van der Waals surface area contributed by atoms with Gasteiger partial charge in [-0.2, -0.15) is 0 Å². The zero-order valence-corrected chi connectivity index (χ0v) is 11.1. The summed E-state index contributed by atoms with van der Waals surface area (Å²) in [4.78, 5) is 11.6. The van der Waals surface area contributed by atoms with Crippen LogP contribution in [0.3, 0.4) is 0 Å². The van der Waals surface area contributed by atoms with Crippen LogP contribution in [0.2, 0.25) is 0 Å². The molecule has 0 amide bonds. The molecular formula is C10H10N4O2S2. The first-order chi connectivity index (χ1) is 8.66. The van der Waals surface area contributed by atoms with E-state index in [9.17, 15) is 4.79 Å². The number of hydrogen-bond acceptors (Lipinski definition) is 6. The Labute approximate surface area is 111 Å². The van der Waals surface area contributed by atoms with Gasteiger partial charge in [-0.05, 0) is 33.5 Å². The first-order valence-electron chi connectivity index (χ1n) is 4.99. The summed E-state index contributed by atoms with van der Waals surface area (Å²) in [5, 5.41) is 22.4. The Morgan fingerprint density at radius 3 is 3.17 bits per heavy atom. The SMILES string of the molecule is Cn1nnnc1SCc1sccc1C=CC(=O)O. The second-order valence-corrected chi connectivity index (χ2v) is 5.29. The van der Waals surface area contributed by atoms with E-state index in [0.29, 0.717) is 5.75 Å². The van der Waals surface area contributed by atoms with Crippen LogP contribution in [0.25, 0.3) is 6.08 Å². The van der Waals surface area contributed by atoms with Crippen LogP contribution in [0.5, 0.6) is 0 Å². The van der Waals surface area contributed by atoms with E-state index in [1.165, 1.54) is 11.8 Å². The third-order valence-electron chi connectivity index (χ3n) is 2.10. The maximum Gasteiger partial charge on any atom is 0.328 e. The molecular weight excluding hydrogens is 272 g/mol. The predicted molar refractivity (Wildman–Crippen MR) is 69.3 cm³/mol. The highest BCUT2D eigenvalue weighted by Crippen LogP contribution is 2.26. The van der Waals surface area contributed by atoms with Gasteiger partial charge in [0.1, 0.15) is 0 Å². The molecule has 0 fully saturated rings. The van der Waals surface area contributed by atoms with E-state index in [-0.39, 0.29) is 0 Å². The molecule has 0 unspecified atom stereocenters. The number of carboxylic acids is 1. The van der Waals surface area contributed by atoms with Crippen molar-refractivity contribution in [3.8, 4) is 0 Å². The Morgan fingerprint density at radius 1 is 1.67 bits per heavy atom. The lowest BCUT2D eigenvalue weighted by Crippen LogP contribution is -1.93. The van der Waals surface area contributed by atoms with E-state index in [0.717, 1.165) is 21.7 Å². The van der Waals surface area contributed by atoms with Gasteiger partial charge in [0.15, 0.2) is 0 Å². The van der Waals surface area contributed by atoms with E-state index in [1.54, 1.807) is 29.1 Å². The van der Waals surface area contributed by atoms with Crippen molar-refractivity contribution in [3.05, 3.63) is 28.0 Å². The van der Waals surface area contributed by atoms with Gasteiger partial charge in [0.25, 0.3) is 0 Å². The number of hydrogen-bond donors (Lipinski definition) is 1. The van der Waals surface area contributed by atoms with E-state index in [2.05, 4.69) is 15.5 Å². The molecule has 18 heavy (non-hydrogen) atoms. The van der Waals surface area contributed by atoms with Crippen LogP contribution in [0.1, 0.15) is 10.4 Å². The quantitative estimate of drug-likeness (QED) is 0.663. The zero-order valence-electron chi connectivity index (χ0n) is 9.48. The average molecular weight is 282 g/mol. The van der Waals surface area contributed by atoms with E-state index in [1.807, 2.05) is 11.4 Å². The third kappa shape index (κ3) is 3.17. The van der Waals surface area contributed by atoms with Gasteiger partial charge in [0.05, 0.1) is 0 Å². The van der Waals surface area contributed by atoms with Gasteiger partial charge in [0.2, 0.25) is 5.16 Å².